The minimum absolute atomic E-state index is 0.0234. The predicted octanol–water partition coefficient (Wildman–Crippen LogP) is 3.48. The van der Waals surface area contributed by atoms with E-state index in [0.717, 1.165) is 29.3 Å². The average Bonchev–Trinajstić information content (AvgIpc) is 2.29. The summed E-state index contributed by atoms with van der Waals surface area (Å²) in [5.41, 5.74) is 3.48. The Morgan fingerprint density at radius 1 is 1.47 bits per heavy atom. The van der Waals surface area contributed by atoms with E-state index in [1.54, 1.807) is 6.21 Å². The Bertz CT molecular complexity index is 391. The second-order valence-electron chi connectivity index (χ2n) is 3.81. The monoisotopic (exact) mass is 296 g/mol. The van der Waals surface area contributed by atoms with Gasteiger partial charge in [-0.15, -0.1) is 0 Å². The first-order valence-electron chi connectivity index (χ1n) is 5.80. The molecule has 0 saturated heterocycles. The van der Waals surface area contributed by atoms with Gasteiger partial charge < -0.3 is 0 Å². The van der Waals surface area contributed by atoms with Crippen LogP contribution < -0.4 is 5.43 Å². The zero-order valence-corrected chi connectivity index (χ0v) is 11.5. The molecule has 0 saturated carbocycles. The topological polar surface area (TPSA) is 41.5 Å². The molecule has 0 aliphatic carbocycles. The number of amides is 1. The number of benzene rings is 1. The summed E-state index contributed by atoms with van der Waals surface area (Å²) in [4.78, 5) is 11.3. The Hall–Kier alpha value is -1.16. The van der Waals surface area contributed by atoms with Crippen molar-refractivity contribution in [3.05, 3.63) is 34.3 Å². The van der Waals surface area contributed by atoms with Crippen LogP contribution in [0.1, 0.15) is 38.2 Å². The fraction of sp³-hybridized carbons (Fsp3) is 0.385. The minimum Gasteiger partial charge on any atom is -0.273 e. The van der Waals surface area contributed by atoms with Crippen molar-refractivity contribution in [1.29, 1.82) is 0 Å². The quantitative estimate of drug-likeness (QED) is 0.487. The van der Waals surface area contributed by atoms with Gasteiger partial charge in [0, 0.05) is 10.9 Å². The molecule has 17 heavy (non-hydrogen) atoms. The molecule has 0 aliphatic heterocycles. The third-order valence-corrected chi connectivity index (χ3v) is 2.75. The highest BCUT2D eigenvalue weighted by Crippen LogP contribution is 2.09. The van der Waals surface area contributed by atoms with Crippen molar-refractivity contribution in [3.63, 3.8) is 0 Å². The van der Waals surface area contributed by atoms with Crippen LogP contribution in [0.3, 0.4) is 0 Å². The van der Waals surface area contributed by atoms with Gasteiger partial charge in [-0.1, -0.05) is 47.8 Å². The van der Waals surface area contributed by atoms with E-state index in [0.29, 0.717) is 6.42 Å². The number of hydrogen-bond donors (Lipinski definition) is 1. The first-order chi connectivity index (χ1) is 8.22. The van der Waals surface area contributed by atoms with E-state index in [4.69, 9.17) is 0 Å². The summed E-state index contributed by atoms with van der Waals surface area (Å²) in [6, 6.07) is 7.74. The Labute approximate surface area is 110 Å². The van der Waals surface area contributed by atoms with Crippen LogP contribution in [-0.2, 0) is 4.79 Å². The van der Waals surface area contributed by atoms with Crippen LogP contribution in [0.5, 0.6) is 0 Å². The maximum atomic E-state index is 11.3. The van der Waals surface area contributed by atoms with Crippen LogP contribution in [0.2, 0.25) is 0 Å². The van der Waals surface area contributed by atoms with Gasteiger partial charge in [0.15, 0.2) is 0 Å². The molecule has 0 heterocycles. The third-order valence-electron chi connectivity index (χ3n) is 2.26. The fourth-order valence-corrected chi connectivity index (χ4v) is 1.77. The van der Waals surface area contributed by atoms with Crippen molar-refractivity contribution in [1.82, 2.24) is 5.43 Å². The molecule has 0 unspecified atom stereocenters. The molecular formula is C13H17BrN2O. The summed E-state index contributed by atoms with van der Waals surface area (Å²) in [7, 11) is 0. The Kier molecular flexibility index (Phi) is 6.55. The average molecular weight is 297 g/mol. The molecule has 1 N–H and O–H groups in total. The lowest BCUT2D eigenvalue weighted by molar-refractivity contribution is -0.121. The van der Waals surface area contributed by atoms with E-state index in [9.17, 15) is 4.79 Å². The SMILES string of the molecule is CCCCCC(=O)N/N=C/c1cccc(Br)c1. The lowest BCUT2D eigenvalue weighted by Crippen LogP contribution is -2.16. The molecule has 0 radical (unpaired) electrons. The maximum absolute atomic E-state index is 11.3. The van der Waals surface area contributed by atoms with Gasteiger partial charge in [-0.05, 0) is 24.1 Å². The first-order valence-corrected chi connectivity index (χ1v) is 6.59. The molecule has 0 bridgehead atoms. The number of hydrogen-bond acceptors (Lipinski definition) is 2. The third kappa shape index (κ3) is 6.22. The predicted molar refractivity (Wildman–Crippen MR) is 74.0 cm³/mol. The lowest BCUT2D eigenvalue weighted by Gasteiger charge is -1.98. The van der Waals surface area contributed by atoms with Gasteiger partial charge >= 0.3 is 0 Å². The van der Waals surface area contributed by atoms with E-state index in [2.05, 4.69) is 33.4 Å². The van der Waals surface area contributed by atoms with Gasteiger partial charge in [0.2, 0.25) is 5.91 Å². The number of nitrogens with zero attached hydrogens (tertiary/aromatic N) is 1. The number of rotatable bonds is 6. The Morgan fingerprint density at radius 2 is 2.29 bits per heavy atom. The summed E-state index contributed by atoms with van der Waals surface area (Å²) in [5, 5.41) is 3.92. The van der Waals surface area contributed by atoms with Crippen molar-refractivity contribution in [3.8, 4) is 0 Å². The highest BCUT2D eigenvalue weighted by Gasteiger charge is 1.97. The highest BCUT2D eigenvalue weighted by atomic mass is 79.9. The molecule has 1 amide bonds. The van der Waals surface area contributed by atoms with Gasteiger partial charge in [0.25, 0.3) is 0 Å². The van der Waals surface area contributed by atoms with E-state index < -0.39 is 0 Å². The summed E-state index contributed by atoms with van der Waals surface area (Å²) >= 11 is 3.38. The second kappa shape index (κ2) is 8.01. The van der Waals surface area contributed by atoms with Crippen molar-refractivity contribution in [2.24, 2.45) is 5.10 Å². The first kappa shape index (κ1) is 13.9. The number of carbonyl (C=O) groups excluding carboxylic acids is 1. The van der Waals surface area contributed by atoms with Gasteiger partial charge in [-0.25, -0.2) is 5.43 Å². The van der Waals surface area contributed by atoms with Crippen LogP contribution in [0, 0.1) is 0 Å². The lowest BCUT2D eigenvalue weighted by atomic mass is 10.2. The van der Waals surface area contributed by atoms with Crippen LogP contribution in [0.15, 0.2) is 33.8 Å². The van der Waals surface area contributed by atoms with Gasteiger partial charge in [-0.2, -0.15) is 5.10 Å². The molecule has 1 aromatic carbocycles. The fourth-order valence-electron chi connectivity index (χ4n) is 1.36. The summed E-state index contributed by atoms with van der Waals surface area (Å²) in [6.07, 6.45) is 5.32. The molecule has 0 aliphatic rings. The number of nitrogens with one attached hydrogen (secondary N) is 1. The zero-order chi connectivity index (χ0) is 12.5. The van der Waals surface area contributed by atoms with Crippen molar-refractivity contribution < 1.29 is 4.79 Å². The summed E-state index contributed by atoms with van der Waals surface area (Å²) in [5.74, 6) is -0.0234. The molecule has 1 aromatic rings. The van der Waals surface area contributed by atoms with Crippen LogP contribution in [-0.4, -0.2) is 12.1 Å². The van der Waals surface area contributed by atoms with E-state index in [1.807, 2.05) is 24.3 Å². The van der Waals surface area contributed by atoms with E-state index in [-0.39, 0.29) is 5.91 Å². The normalized spacial score (nSPS) is 10.7. The van der Waals surface area contributed by atoms with Crippen molar-refractivity contribution >= 4 is 28.1 Å². The standard InChI is InChI=1S/C13H17BrN2O/c1-2-3-4-8-13(17)16-15-10-11-6-5-7-12(14)9-11/h5-7,9-10H,2-4,8H2,1H3,(H,16,17)/b15-10+. The van der Waals surface area contributed by atoms with Crippen LogP contribution in [0.4, 0.5) is 0 Å². The molecule has 92 valence electrons. The zero-order valence-electron chi connectivity index (χ0n) is 9.95. The molecule has 0 atom stereocenters. The molecule has 0 fully saturated rings. The van der Waals surface area contributed by atoms with Gasteiger partial charge in [0.1, 0.15) is 0 Å². The van der Waals surface area contributed by atoms with Crippen LogP contribution in [0.25, 0.3) is 0 Å². The van der Waals surface area contributed by atoms with E-state index >= 15 is 0 Å². The summed E-state index contributed by atoms with van der Waals surface area (Å²) in [6.45, 7) is 2.11. The minimum atomic E-state index is -0.0234. The van der Waals surface area contributed by atoms with Gasteiger partial charge in [0.05, 0.1) is 6.21 Å². The smallest absolute Gasteiger partial charge is 0.240 e. The Morgan fingerprint density at radius 3 is 3.00 bits per heavy atom. The number of carbonyl (C=O) groups is 1. The van der Waals surface area contributed by atoms with Crippen molar-refractivity contribution in [2.75, 3.05) is 0 Å². The molecule has 0 spiro atoms. The maximum Gasteiger partial charge on any atom is 0.240 e. The Balaban J connectivity index is 2.32. The molecule has 1 rings (SSSR count). The number of unbranched alkanes of at least 4 members (excludes halogenated alkanes) is 2. The summed E-state index contributed by atoms with van der Waals surface area (Å²) < 4.78 is 0.996. The number of halogens is 1. The molecular weight excluding hydrogens is 280 g/mol. The second-order valence-corrected chi connectivity index (χ2v) is 4.72. The molecule has 4 heteroatoms. The van der Waals surface area contributed by atoms with E-state index in [1.165, 1.54) is 0 Å². The highest BCUT2D eigenvalue weighted by molar-refractivity contribution is 9.10. The van der Waals surface area contributed by atoms with Gasteiger partial charge in [-0.3, -0.25) is 4.79 Å². The van der Waals surface area contributed by atoms with Crippen molar-refractivity contribution in [2.45, 2.75) is 32.6 Å². The molecule has 3 nitrogen and oxygen atoms in total. The number of hydrazone groups is 1. The molecule has 0 aromatic heterocycles. The largest absolute Gasteiger partial charge is 0.273 e. The van der Waals surface area contributed by atoms with Crippen LogP contribution >= 0.6 is 15.9 Å².